The van der Waals surface area contributed by atoms with Crippen molar-refractivity contribution in [2.45, 2.75) is 32.7 Å². The summed E-state index contributed by atoms with van der Waals surface area (Å²) in [7, 11) is 0. The number of rotatable bonds is 8. The predicted octanol–water partition coefficient (Wildman–Crippen LogP) is 3.33. The Morgan fingerprint density at radius 3 is 2.97 bits per heavy atom. The Morgan fingerprint density at radius 1 is 1.41 bits per heavy atom. The molecule has 1 unspecified atom stereocenters. The maximum atomic E-state index is 12.7. The van der Waals surface area contributed by atoms with Crippen molar-refractivity contribution in [3.05, 3.63) is 47.7 Å². The number of ketones is 1. The Kier molecular flexibility index (Phi) is 5.57. The molecule has 1 aliphatic heterocycles. The number of carbonyl (C=O) groups is 1. The first-order valence-electron chi connectivity index (χ1n) is 9.61. The van der Waals surface area contributed by atoms with Crippen molar-refractivity contribution in [3.8, 4) is 5.75 Å². The van der Waals surface area contributed by atoms with Crippen molar-refractivity contribution in [3.63, 3.8) is 0 Å². The predicted molar refractivity (Wildman–Crippen MR) is 101 cm³/mol. The van der Waals surface area contributed by atoms with Gasteiger partial charge >= 0.3 is 6.55 Å². The fraction of sp³-hybridized carbons (Fsp3) is 0.450. The monoisotopic (exact) mass is 404 g/mol. The van der Waals surface area contributed by atoms with E-state index in [-0.39, 0.29) is 17.9 Å². The summed E-state index contributed by atoms with van der Waals surface area (Å²) in [6.45, 7) is 1.06. The molecule has 0 aliphatic carbocycles. The maximum Gasteiger partial charge on any atom is 0.333 e. The lowest BCUT2D eigenvalue weighted by atomic mass is 10.0. The van der Waals surface area contributed by atoms with Gasteiger partial charge in [-0.05, 0) is 31.7 Å². The van der Waals surface area contributed by atoms with Gasteiger partial charge in [-0.3, -0.25) is 4.79 Å². The molecular formula is C20H22F2N4O3. The van der Waals surface area contributed by atoms with E-state index < -0.39 is 6.55 Å². The second kappa shape index (κ2) is 8.28. The molecule has 154 valence electrons. The largest absolute Gasteiger partial charge is 0.493 e. The van der Waals surface area contributed by atoms with Gasteiger partial charge in [0, 0.05) is 49.9 Å². The number of imidazole rings is 1. The van der Waals surface area contributed by atoms with Crippen LogP contribution in [0.15, 0.2) is 30.7 Å². The molecule has 1 fully saturated rings. The number of nitrogens with zero attached hydrogens (tertiary/aromatic N) is 4. The third-order valence-electron chi connectivity index (χ3n) is 4.95. The zero-order chi connectivity index (χ0) is 20.4. The summed E-state index contributed by atoms with van der Waals surface area (Å²) in [5.74, 6) is 0.674. The number of aromatic nitrogens is 4. The number of pyridine rings is 1. The highest BCUT2D eigenvalue weighted by atomic mass is 19.3. The highest BCUT2D eigenvalue weighted by Crippen LogP contribution is 2.25. The van der Waals surface area contributed by atoms with Crippen LogP contribution >= 0.6 is 0 Å². The number of fused-ring (bicyclic) bond motifs is 1. The summed E-state index contributed by atoms with van der Waals surface area (Å²) >= 11 is 0. The van der Waals surface area contributed by atoms with Gasteiger partial charge in [0.25, 0.3) is 0 Å². The molecule has 0 radical (unpaired) electrons. The minimum atomic E-state index is -2.78. The molecule has 0 saturated carbocycles. The summed E-state index contributed by atoms with van der Waals surface area (Å²) in [6, 6.07) is 3.10. The van der Waals surface area contributed by atoms with Crippen LogP contribution in [0.25, 0.3) is 5.65 Å². The van der Waals surface area contributed by atoms with Gasteiger partial charge in [0.2, 0.25) is 0 Å². The van der Waals surface area contributed by atoms with E-state index >= 15 is 0 Å². The highest BCUT2D eigenvalue weighted by molar-refractivity contribution is 5.96. The number of carbonyl (C=O) groups excluding carboxylic acids is 1. The Labute approximate surface area is 166 Å². The lowest BCUT2D eigenvalue weighted by Crippen LogP contribution is -2.09. The maximum absolute atomic E-state index is 12.7. The Balaban J connectivity index is 1.59. The molecule has 0 bridgehead atoms. The van der Waals surface area contributed by atoms with Gasteiger partial charge in [-0.2, -0.15) is 13.9 Å². The van der Waals surface area contributed by atoms with Crippen LogP contribution in [0.2, 0.25) is 0 Å². The number of hydrogen-bond acceptors (Lipinski definition) is 5. The lowest BCUT2D eigenvalue weighted by Gasteiger charge is -2.10. The first-order chi connectivity index (χ1) is 14.0. The van der Waals surface area contributed by atoms with Crippen molar-refractivity contribution >= 4 is 11.4 Å². The number of hydrogen-bond donors (Lipinski definition) is 0. The summed E-state index contributed by atoms with van der Waals surface area (Å²) in [6.07, 6.45) is 6.72. The molecule has 0 amide bonds. The van der Waals surface area contributed by atoms with Crippen LogP contribution in [0.5, 0.6) is 5.75 Å². The highest BCUT2D eigenvalue weighted by Gasteiger charge is 2.20. The first-order valence-corrected chi connectivity index (χ1v) is 9.61. The third-order valence-corrected chi connectivity index (χ3v) is 4.95. The SMILES string of the molecule is CCOc1cc2nc(CC3CCOC3)cn2cc1CC(=O)c1ccn(C(F)F)n1. The van der Waals surface area contributed by atoms with Gasteiger partial charge in [-0.25, -0.2) is 9.67 Å². The molecule has 4 rings (SSSR count). The Morgan fingerprint density at radius 2 is 2.28 bits per heavy atom. The van der Waals surface area contributed by atoms with Gasteiger partial charge in [-0.15, -0.1) is 0 Å². The van der Waals surface area contributed by atoms with Crippen LogP contribution in [0.1, 0.15) is 41.6 Å². The minimum absolute atomic E-state index is 0.000369. The second-order valence-electron chi connectivity index (χ2n) is 7.09. The number of halogens is 2. The molecule has 4 heterocycles. The fourth-order valence-electron chi connectivity index (χ4n) is 3.53. The molecule has 0 N–H and O–H groups in total. The molecule has 1 aliphatic rings. The van der Waals surface area contributed by atoms with Gasteiger partial charge in [0.15, 0.2) is 5.78 Å². The topological polar surface area (TPSA) is 70.7 Å². The van der Waals surface area contributed by atoms with Crippen molar-refractivity contribution in [2.24, 2.45) is 5.92 Å². The summed E-state index contributed by atoms with van der Waals surface area (Å²) in [5.41, 5.74) is 2.35. The average molecular weight is 404 g/mol. The summed E-state index contributed by atoms with van der Waals surface area (Å²) in [5, 5.41) is 3.65. The van der Waals surface area contributed by atoms with Gasteiger partial charge < -0.3 is 13.9 Å². The molecule has 7 nitrogen and oxygen atoms in total. The van der Waals surface area contributed by atoms with E-state index in [0.717, 1.165) is 43.6 Å². The standard InChI is InChI=1S/C20H22F2N4O3/c1-2-29-18-9-19-23-15(7-13-4-6-28-12-13)11-25(19)10-14(18)8-17(27)16-3-5-26(24-16)20(21)22/h3,5,9-11,13,20H,2,4,6-8,12H2,1H3. The fourth-order valence-corrected chi connectivity index (χ4v) is 3.53. The van der Waals surface area contributed by atoms with Crippen molar-refractivity contribution in [1.29, 1.82) is 0 Å². The van der Waals surface area contributed by atoms with Gasteiger partial charge in [0.1, 0.15) is 17.1 Å². The average Bonchev–Trinajstić information content (AvgIpc) is 3.42. The molecule has 3 aromatic heterocycles. The van der Waals surface area contributed by atoms with E-state index in [4.69, 9.17) is 9.47 Å². The molecule has 1 saturated heterocycles. The third kappa shape index (κ3) is 4.29. The van der Waals surface area contributed by atoms with Crippen LogP contribution in [-0.2, 0) is 17.6 Å². The quantitative estimate of drug-likeness (QED) is 0.539. The zero-order valence-corrected chi connectivity index (χ0v) is 16.1. The van der Waals surface area contributed by atoms with Crippen molar-refractivity contribution in [1.82, 2.24) is 19.2 Å². The van der Waals surface area contributed by atoms with Crippen LogP contribution < -0.4 is 4.74 Å². The summed E-state index contributed by atoms with van der Waals surface area (Å²) in [4.78, 5) is 17.2. The van der Waals surface area contributed by atoms with E-state index in [1.165, 1.54) is 6.07 Å². The minimum Gasteiger partial charge on any atom is -0.493 e. The lowest BCUT2D eigenvalue weighted by molar-refractivity contribution is 0.0560. The molecule has 0 spiro atoms. The van der Waals surface area contributed by atoms with E-state index in [1.807, 2.05) is 23.7 Å². The van der Waals surface area contributed by atoms with Crippen LogP contribution in [0, 0.1) is 5.92 Å². The molecule has 1 atom stereocenters. The van der Waals surface area contributed by atoms with Crippen molar-refractivity contribution < 1.29 is 23.0 Å². The van der Waals surface area contributed by atoms with E-state index in [2.05, 4.69) is 10.1 Å². The number of ether oxygens (including phenoxy) is 2. The number of alkyl halides is 2. The van der Waals surface area contributed by atoms with Crippen LogP contribution in [-0.4, -0.2) is 44.8 Å². The normalized spacial score (nSPS) is 16.8. The molecule has 0 aromatic carbocycles. The van der Waals surface area contributed by atoms with Gasteiger partial charge in [-0.1, -0.05) is 0 Å². The Hall–Kier alpha value is -2.81. The van der Waals surface area contributed by atoms with E-state index in [0.29, 0.717) is 28.5 Å². The second-order valence-corrected chi connectivity index (χ2v) is 7.09. The first kappa shape index (κ1) is 19.5. The van der Waals surface area contributed by atoms with Crippen LogP contribution in [0.4, 0.5) is 8.78 Å². The van der Waals surface area contributed by atoms with Crippen LogP contribution in [0.3, 0.4) is 0 Å². The van der Waals surface area contributed by atoms with Gasteiger partial charge in [0.05, 0.1) is 12.3 Å². The molecule has 9 heteroatoms. The van der Waals surface area contributed by atoms with E-state index in [1.54, 1.807) is 6.07 Å². The number of Topliss-reactive ketones (excluding diaryl/α,β-unsaturated/α-hetero) is 1. The molecule has 3 aromatic rings. The molecular weight excluding hydrogens is 382 g/mol. The zero-order valence-electron chi connectivity index (χ0n) is 16.1. The van der Waals surface area contributed by atoms with E-state index in [9.17, 15) is 13.6 Å². The smallest absolute Gasteiger partial charge is 0.333 e. The molecule has 29 heavy (non-hydrogen) atoms. The Bertz CT molecular complexity index is 1010. The van der Waals surface area contributed by atoms with Crippen molar-refractivity contribution in [2.75, 3.05) is 19.8 Å². The summed E-state index contributed by atoms with van der Waals surface area (Å²) < 4.78 is 38.9.